The predicted molar refractivity (Wildman–Crippen MR) is 100 cm³/mol. The van der Waals surface area contributed by atoms with E-state index in [1.807, 2.05) is 36.4 Å². The van der Waals surface area contributed by atoms with E-state index in [4.69, 9.17) is 11.6 Å². The molecule has 3 nitrogen and oxygen atoms in total. The van der Waals surface area contributed by atoms with Crippen LogP contribution in [-0.2, 0) is 22.9 Å². The lowest BCUT2D eigenvalue weighted by atomic mass is 9.92. The topological polar surface area (TPSA) is 37.4 Å². The fraction of sp³-hybridized carbons (Fsp3) is 0.400. The Bertz CT molecular complexity index is 894. The second-order valence-corrected chi connectivity index (χ2v) is 9.23. The first-order valence-corrected chi connectivity index (χ1v) is 10.8. The number of sulfonamides is 1. The first kappa shape index (κ1) is 17.1. The summed E-state index contributed by atoms with van der Waals surface area (Å²) in [4.78, 5) is 0.423. The van der Waals surface area contributed by atoms with Crippen molar-refractivity contribution in [1.29, 1.82) is 0 Å². The number of fused-ring (bicyclic) bond motifs is 1. The molecule has 25 heavy (non-hydrogen) atoms. The first-order valence-electron chi connectivity index (χ1n) is 8.95. The highest BCUT2D eigenvalue weighted by atomic mass is 35.5. The minimum Gasteiger partial charge on any atom is -0.207 e. The Labute approximate surface area is 154 Å². The van der Waals surface area contributed by atoms with Crippen molar-refractivity contribution in [3.63, 3.8) is 0 Å². The average Bonchev–Trinajstić information content (AvgIpc) is 3.12. The second kappa shape index (κ2) is 6.75. The van der Waals surface area contributed by atoms with Gasteiger partial charge in [-0.15, -0.1) is 0 Å². The summed E-state index contributed by atoms with van der Waals surface area (Å²) in [7, 11) is -3.51. The van der Waals surface area contributed by atoms with Gasteiger partial charge in [-0.05, 0) is 73.4 Å². The zero-order valence-corrected chi connectivity index (χ0v) is 15.7. The van der Waals surface area contributed by atoms with Crippen LogP contribution >= 0.6 is 11.6 Å². The van der Waals surface area contributed by atoms with Crippen LogP contribution in [0, 0.1) is 0 Å². The van der Waals surface area contributed by atoms with Gasteiger partial charge in [0.25, 0.3) is 0 Å². The van der Waals surface area contributed by atoms with E-state index in [1.54, 1.807) is 10.4 Å². The smallest absolute Gasteiger partial charge is 0.207 e. The molecule has 1 aliphatic carbocycles. The molecule has 1 aliphatic heterocycles. The third kappa shape index (κ3) is 3.12. The molecule has 132 valence electrons. The molecule has 0 N–H and O–H groups in total. The van der Waals surface area contributed by atoms with Crippen LogP contribution < -0.4 is 0 Å². The van der Waals surface area contributed by atoms with Crippen LogP contribution in [0.4, 0.5) is 0 Å². The van der Waals surface area contributed by atoms with E-state index in [2.05, 4.69) is 0 Å². The molecule has 0 amide bonds. The lowest BCUT2D eigenvalue weighted by Crippen LogP contribution is -2.31. The van der Waals surface area contributed by atoms with E-state index in [1.165, 1.54) is 17.5 Å². The number of aryl methyl sites for hydroxylation is 2. The zero-order chi connectivity index (χ0) is 17.4. The molecular formula is C20H22ClNO2S. The third-order valence-corrected chi connectivity index (χ3v) is 7.64. The fourth-order valence-corrected chi connectivity index (χ4v) is 6.08. The van der Waals surface area contributed by atoms with Gasteiger partial charge in [-0.3, -0.25) is 0 Å². The lowest BCUT2D eigenvalue weighted by molar-refractivity contribution is 0.396. The number of nitrogens with zero attached hydrogens (tertiary/aromatic N) is 1. The van der Waals surface area contributed by atoms with Crippen molar-refractivity contribution < 1.29 is 8.42 Å². The van der Waals surface area contributed by atoms with Gasteiger partial charge in [0.05, 0.1) is 10.9 Å². The molecule has 0 bridgehead atoms. The van der Waals surface area contributed by atoms with Gasteiger partial charge in [-0.25, -0.2) is 8.42 Å². The molecule has 1 atom stereocenters. The predicted octanol–water partition coefficient (Wildman–Crippen LogP) is 4.74. The lowest BCUT2D eigenvalue weighted by Gasteiger charge is -2.26. The fourth-order valence-electron chi connectivity index (χ4n) is 4.09. The van der Waals surface area contributed by atoms with Crippen LogP contribution in [0.5, 0.6) is 0 Å². The quantitative estimate of drug-likeness (QED) is 0.776. The number of hydrogen-bond donors (Lipinski definition) is 0. The largest absolute Gasteiger partial charge is 0.243 e. The van der Waals surface area contributed by atoms with Gasteiger partial charge in [-0.2, -0.15) is 4.31 Å². The maximum absolute atomic E-state index is 13.3. The average molecular weight is 376 g/mol. The van der Waals surface area contributed by atoms with E-state index in [-0.39, 0.29) is 6.04 Å². The number of halogens is 1. The molecule has 0 saturated carbocycles. The Kier molecular flexibility index (Phi) is 4.61. The molecule has 1 saturated heterocycles. The molecule has 2 aromatic carbocycles. The van der Waals surface area contributed by atoms with Crippen LogP contribution in [0.3, 0.4) is 0 Å². The third-order valence-electron chi connectivity index (χ3n) is 5.39. The molecule has 0 radical (unpaired) electrons. The van der Waals surface area contributed by atoms with E-state index in [9.17, 15) is 8.42 Å². The van der Waals surface area contributed by atoms with Gasteiger partial charge in [-0.1, -0.05) is 35.9 Å². The van der Waals surface area contributed by atoms with Gasteiger partial charge in [0.1, 0.15) is 0 Å². The molecule has 0 aromatic heterocycles. The summed E-state index contributed by atoms with van der Waals surface area (Å²) in [5, 5.41) is 0.639. The summed E-state index contributed by atoms with van der Waals surface area (Å²) in [6.07, 6.45) is 6.05. The number of rotatable bonds is 3. The Morgan fingerprint density at radius 2 is 1.72 bits per heavy atom. The van der Waals surface area contributed by atoms with Crippen molar-refractivity contribution in [2.24, 2.45) is 0 Å². The first-order chi connectivity index (χ1) is 12.1. The van der Waals surface area contributed by atoms with E-state index >= 15 is 0 Å². The van der Waals surface area contributed by atoms with Crippen LogP contribution in [0.25, 0.3) is 0 Å². The van der Waals surface area contributed by atoms with Crippen LogP contribution in [0.1, 0.15) is 48.4 Å². The van der Waals surface area contributed by atoms with Gasteiger partial charge in [0, 0.05) is 11.6 Å². The van der Waals surface area contributed by atoms with Crippen molar-refractivity contribution in [2.75, 3.05) is 6.54 Å². The standard InChI is InChI=1S/C20H22ClNO2S/c21-19-9-4-3-8-18(19)20-10-5-13-22(20)25(23,24)17-12-11-15-6-1-2-7-16(15)14-17/h3-4,8-9,11-12,14,20H,1-2,5-7,10,13H2/t20-/m0/s1. The summed E-state index contributed by atoms with van der Waals surface area (Å²) in [6, 6.07) is 13.1. The minimum absolute atomic E-state index is 0.172. The molecule has 1 fully saturated rings. The Hall–Kier alpha value is -1.36. The van der Waals surface area contributed by atoms with Crippen LogP contribution in [-0.4, -0.2) is 19.3 Å². The van der Waals surface area contributed by atoms with Crippen molar-refractivity contribution in [3.05, 3.63) is 64.2 Å². The highest BCUT2D eigenvalue weighted by Crippen LogP contribution is 2.39. The summed E-state index contributed by atoms with van der Waals surface area (Å²) in [5.74, 6) is 0. The maximum Gasteiger partial charge on any atom is 0.243 e. The molecule has 0 spiro atoms. The Morgan fingerprint density at radius 1 is 0.960 bits per heavy atom. The SMILES string of the molecule is O=S(=O)(c1ccc2c(c1)CCCC2)N1CCC[C@H]1c1ccccc1Cl. The van der Waals surface area contributed by atoms with Crippen molar-refractivity contribution in [2.45, 2.75) is 49.5 Å². The number of hydrogen-bond acceptors (Lipinski definition) is 2. The van der Waals surface area contributed by atoms with Crippen molar-refractivity contribution in [3.8, 4) is 0 Å². The molecule has 2 aromatic rings. The summed E-state index contributed by atoms with van der Waals surface area (Å²) in [5.41, 5.74) is 3.40. The number of benzene rings is 2. The maximum atomic E-state index is 13.3. The van der Waals surface area contributed by atoms with Gasteiger partial charge >= 0.3 is 0 Å². The van der Waals surface area contributed by atoms with Crippen molar-refractivity contribution >= 4 is 21.6 Å². The molecule has 2 aliphatic rings. The summed E-state index contributed by atoms with van der Waals surface area (Å²) >= 11 is 6.34. The summed E-state index contributed by atoms with van der Waals surface area (Å²) < 4.78 is 28.2. The normalized spacial score (nSPS) is 21.2. The zero-order valence-electron chi connectivity index (χ0n) is 14.1. The molecular weight excluding hydrogens is 354 g/mol. The van der Waals surface area contributed by atoms with E-state index < -0.39 is 10.0 Å². The summed E-state index contributed by atoms with van der Waals surface area (Å²) in [6.45, 7) is 0.551. The highest BCUT2D eigenvalue weighted by Gasteiger charge is 2.37. The van der Waals surface area contributed by atoms with E-state index in [0.717, 1.165) is 37.7 Å². The van der Waals surface area contributed by atoms with Crippen molar-refractivity contribution in [1.82, 2.24) is 4.31 Å². The van der Waals surface area contributed by atoms with Crippen LogP contribution in [0.15, 0.2) is 47.4 Å². The van der Waals surface area contributed by atoms with E-state index in [0.29, 0.717) is 16.5 Å². The monoisotopic (exact) mass is 375 g/mol. The van der Waals surface area contributed by atoms with Gasteiger partial charge < -0.3 is 0 Å². The molecule has 0 unspecified atom stereocenters. The second-order valence-electron chi connectivity index (χ2n) is 6.93. The molecule has 5 heteroatoms. The Morgan fingerprint density at radius 3 is 2.52 bits per heavy atom. The Balaban J connectivity index is 1.71. The van der Waals surface area contributed by atoms with Crippen LogP contribution in [0.2, 0.25) is 5.02 Å². The van der Waals surface area contributed by atoms with Gasteiger partial charge in [0.2, 0.25) is 10.0 Å². The van der Waals surface area contributed by atoms with Gasteiger partial charge in [0.15, 0.2) is 0 Å². The highest BCUT2D eigenvalue weighted by molar-refractivity contribution is 7.89. The molecule has 4 rings (SSSR count). The minimum atomic E-state index is -3.51. The molecule has 1 heterocycles.